The monoisotopic (exact) mass is 193 g/mol. The van der Waals surface area contributed by atoms with Crippen molar-refractivity contribution in [2.75, 3.05) is 0 Å². The summed E-state index contributed by atoms with van der Waals surface area (Å²) in [6.45, 7) is 0. The molecule has 0 amide bonds. The third-order valence-corrected chi connectivity index (χ3v) is 2.97. The Kier molecular flexibility index (Phi) is 7.85. The molecule has 0 aromatic rings. The zero-order valence-electron chi connectivity index (χ0n) is 9.51. The van der Waals surface area contributed by atoms with Gasteiger partial charge in [0.15, 0.2) is 0 Å². The normalized spacial score (nSPS) is 25.1. The minimum atomic E-state index is 1.30. The van der Waals surface area contributed by atoms with Gasteiger partial charge in [0, 0.05) is 0 Å². The molecule has 1 aliphatic carbocycles. The van der Waals surface area contributed by atoms with Gasteiger partial charge in [-0.15, -0.1) is 0 Å². The molecule has 0 saturated heterocycles. The van der Waals surface area contributed by atoms with Crippen LogP contribution in [0.3, 0.4) is 0 Å². The molecule has 0 aliphatic heterocycles. The maximum absolute atomic E-state index is 2.50. The van der Waals surface area contributed by atoms with Gasteiger partial charge in [0.1, 0.15) is 0 Å². The second-order valence-corrected chi connectivity index (χ2v) is 4.39. The average molecular weight is 193 g/mol. The molecule has 0 nitrogen and oxygen atoms in total. The van der Waals surface area contributed by atoms with Crippen LogP contribution in [0.4, 0.5) is 0 Å². The summed E-state index contributed by atoms with van der Waals surface area (Å²) >= 11 is 0. The maximum Gasteiger partial charge on any atom is -0.0351 e. The van der Waals surface area contributed by atoms with E-state index in [0.29, 0.717) is 0 Å². The Labute approximate surface area is 89.8 Å². The zero-order valence-corrected chi connectivity index (χ0v) is 9.51. The number of hydrogen-bond donors (Lipinski definition) is 0. The Hall–Kier alpha value is -0.260. The van der Waals surface area contributed by atoms with Crippen molar-refractivity contribution >= 4 is 0 Å². The van der Waals surface area contributed by atoms with Crippen molar-refractivity contribution in [3.8, 4) is 0 Å². The third-order valence-electron chi connectivity index (χ3n) is 2.97. The Bertz CT molecular complexity index is 119. The molecule has 0 bridgehead atoms. The number of hydrogen-bond acceptors (Lipinski definition) is 0. The van der Waals surface area contributed by atoms with Crippen molar-refractivity contribution in [2.24, 2.45) is 0 Å². The largest absolute Gasteiger partial charge is 0.0885 e. The van der Waals surface area contributed by atoms with Gasteiger partial charge in [-0.3, -0.25) is 0 Å². The summed E-state index contributed by atoms with van der Waals surface area (Å²) in [5, 5.41) is 0. The minimum absolute atomic E-state index is 1.30. The highest BCUT2D eigenvalue weighted by molar-refractivity contribution is 4.81. The van der Waals surface area contributed by atoms with Crippen molar-refractivity contribution in [2.45, 2.75) is 70.6 Å². The van der Waals surface area contributed by atoms with E-state index in [0.717, 1.165) is 0 Å². The molecule has 0 heteroatoms. The Morgan fingerprint density at radius 1 is 0.429 bits per heavy atom. The summed E-state index contributed by atoms with van der Waals surface area (Å²) in [4.78, 5) is 0. The third kappa shape index (κ3) is 7.17. The van der Waals surface area contributed by atoms with Crippen LogP contribution in [-0.4, -0.2) is 0 Å². The smallest absolute Gasteiger partial charge is 0.0351 e. The molecule has 0 spiro atoms. The Balaban J connectivity index is 2.09. The van der Waals surface area contributed by atoms with Crippen LogP contribution in [0.2, 0.25) is 0 Å². The van der Waals surface area contributed by atoms with E-state index in [1.807, 2.05) is 0 Å². The zero-order chi connectivity index (χ0) is 9.90. The number of allylic oxidation sites excluding steroid dienone is 2. The molecule has 0 aromatic carbocycles. The lowest BCUT2D eigenvalue weighted by molar-refractivity contribution is 0.600. The molecule has 0 saturated carbocycles. The van der Waals surface area contributed by atoms with E-state index >= 15 is 0 Å². The average Bonchev–Trinajstić information content (AvgIpc) is 2.22. The van der Waals surface area contributed by atoms with Gasteiger partial charge < -0.3 is 0 Å². The second kappa shape index (κ2) is 9.30. The van der Waals surface area contributed by atoms with Crippen LogP contribution in [0, 0.1) is 6.42 Å². The van der Waals surface area contributed by atoms with Crippen molar-refractivity contribution < 1.29 is 0 Å². The van der Waals surface area contributed by atoms with Crippen molar-refractivity contribution in [1.82, 2.24) is 0 Å². The van der Waals surface area contributed by atoms with Gasteiger partial charge in [-0.05, 0) is 32.1 Å². The van der Waals surface area contributed by atoms with Gasteiger partial charge in [-0.1, -0.05) is 57.1 Å². The molecule has 0 heterocycles. The van der Waals surface area contributed by atoms with E-state index in [1.165, 1.54) is 70.6 Å². The van der Waals surface area contributed by atoms with Gasteiger partial charge >= 0.3 is 0 Å². The van der Waals surface area contributed by atoms with Crippen LogP contribution in [0.5, 0.6) is 0 Å². The highest BCUT2D eigenvalue weighted by atomic mass is 14.0. The van der Waals surface area contributed by atoms with Gasteiger partial charge in [-0.2, -0.15) is 0 Å². The molecule has 0 fully saturated rings. The summed E-state index contributed by atoms with van der Waals surface area (Å²) in [5.41, 5.74) is 0. The van der Waals surface area contributed by atoms with E-state index < -0.39 is 0 Å². The van der Waals surface area contributed by atoms with E-state index in [2.05, 4.69) is 18.6 Å². The first kappa shape index (κ1) is 11.8. The molecule has 14 heavy (non-hydrogen) atoms. The van der Waals surface area contributed by atoms with E-state index in [-0.39, 0.29) is 0 Å². The highest BCUT2D eigenvalue weighted by Crippen LogP contribution is 2.12. The van der Waals surface area contributed by atoms with Gasteiger partial charge in [0.2, 0.25) is 0 Å². The Morgan fingerprint density at radius 3 is 1.57 bits per heavy atom. The minimum Gasteiger partial charge on any atom is -0.0885 e. The van der Waals surface area contributed by atoms with Gasteiger partial charge in [-0.25, -0.2) is 0 Å². The predicted octanol–water partition coefficient (Wildman–Crippen LogP) is 5.05. The Morgan fingerprint density at radius 2 is 0.857 bits per heavy atom. The summed E-state index contributed by atoms with van der Waals surface area (Å²) < 4.78 is 0. The predicted molar refractivity (Wildman–Crippen MR) is 64.2 cm³/mol. The first-order valence-electron chi connectivity index (χ1n) is 6.47. The van der Waals surface area contributed by atoms with Crippen LogP contribution in [0.1, 0.15) is 70.6 Å². The number of rotatable bonds is 0. The summed E-state index contributed by atoms with van der Waals surface area (Å²) in [6, 6.07) is 0. The van der Waals surface area contributed by atoms with E-state index in [1.54, 1.807) is 0 Å². The molecule has 0 unspecified atom stereocenters. The topological polar surface area (TPSA) is 0 Å². The molecule has 1 rings (SSSR count). The van der Waals surface area contributed by atoms with Crippen LogP contribution in [-0.2, 0) is 0 Å². The highest BCUT2D eigenvalue weighted by Gasteiger charge is 1.93. The van der Waals surface area contributed by atoms with Gasteiger partial charge in [0.05, 0.1) is 0 Å². The summed E-state index contributed by atoms with van der Waals surface area (Å²) in [7, 11) is 0. The lowest BCUT2D eigenvalue weighted by atomic mass is 10.0. The first-order valence-corrected chi connectivity index (χ1v) is 6.47. The van der Waals surface area contributed by atoms with Crippen LogP contribution in [0.25, 0.3) is 0 Å². The summed E-state index contributed by atoms with van der Waals surface area (Å²) in [6.07, 6.45) is 22.5. The molecular formula is C14H25. The molecule has 0 N–H and O–H groups in total. The van der Waals surface area contributed by atoms with Crippen molar-refractivity contribution in [1.29, 1.82) is 0 Å². The molecular weight excluding hydrogens is 168 g/mol. The second-order valence-electron chi connectivity index (χ2n) is 4.39. The van der Waals surface area contributed by atoms with Crippen LogP contribution in [0.15, 0.2) is 12.2 Å². The molecule has 0 aromatic heterocycles. The van der Waals surface area contributed by atoms with Crippen molar-refractivity contribution in [3.63, 3.8) is 0 Å². The fourth-order valence-electron chi connectivity index (χ4n) is 2.01. The fraction of sp³-hybridized carbons (Fsp3) is 0.786. The standard InChI is InChI=1S/C14H25/c1-2-4-6-8-10-12-14-13-11-9-7-5-3-1/h1-2,11H,3-10,12-14H2/b2-1+. The van der Waals surface area contributed by atoms with Crippen molar-refractivity contribution in [3.05, 3.63) is 18.6 Å². The SMILES string of the molecule is [CH]1CCCC/C=C/CCCCCCC1. The molecule has 0 atom stereocenters. The molecule has 1 radical (unpaired) electrons. The maximum atomic E-state index is 2.50. The van der Waals surface area contributed by atoms with E-state index in [4.69, 9.17) is 0 Å². The van der Waals surface area contributed by atoms with Gasteiger partial charge in [0.25, 0.3) is 0 Å². The molecule has 1 aliphatic rings. The quantitative estimate of drug-likeness (QED) is 0.472. The van der Waals surface area contributed by atoms with E-state index in [9.17, 15) is 0 Å². The first-order chi connectivity index (χ1) is 7.00. The summed E-state index contributed by atoms with van der Waals surface area (Å²) in [5.74, 6) is 0. The van der Waals surface area contributed by atoms with Crippen LogP contribution < -0.4 is 0 Å². The fourth-order valence-corrected chi connectivity index (χ4v) is 2.01. The lowest BCUT2D eigenvalue weighted by Gasteiger charge is -2.02. The van der Waals surface area contributed by atoms with Crippen LogP contribution >= 0.6 is 0 Å². The molecule has 81 valence electrons. The lowest BCUT2D eigenvalue weighted by Crippen LogP contribution is -1.84.